The number of aromatic hydroxyl groups is 1. The summed E-state index contributed by atoms with van der Waals surface area (Å²) in [4.78, 5) is 4.14. The number of pyridine rings is 1. The van der Waals surface area contributed by atoms with E-state index in [2.05, 4.69) is 11.6 Å². The van der Waals surface area contributed by atoms with Crippen LogP contribution < -0.4 is 0 Å². The quantitative estimate of drug-likeness (QED) is 0.729. The molecule has 2 rings (SSSR count). The van der Waals surface area contributed by atoms with E-state index in [0.717, 1.165) is 17.4 Å². The predicted octanol–water partition coefficient (Wildman–Crippen LogP) is 2.67. The first-order valence-corrected chi connectivity index (χ1v) is 4.49. The molecule has 1 N–H and O–H groups in total. The summed E-state index contributed by atoms with van der Waals surface area (Å²) in [6.45, 7) is 3.70. The molecule has 14 heavy (non-hydrogen) atoms. The van der Waals surface area contributed by atoms with Gasteiger partial charge in [0.05, 0.1) is 0 Å². The molecule has 0 aliphatic heterocycles. The maximum atomic E-state index is 9.58. The van der Waals surface area contributed by atoms with E-state index in [1.807, 2.05) is 24.3 Å². The number of nitrogens with zero attached hydrogens (tertiary/aromatic N) is 1. The molecule has 2 aromatic rings. The van der Waals surface area contributed by atoms with Crippen LogP contribution in [0.5, 0.6) is 5.75 Å². The van der Waals surface area contributed by atoms with Crippen molar-refractivity contribution in [1.29, 1.82) is 0 Å². The lowest BCUT2D eigenvalue weighted by molar-refractivity contribution is 0.480. The smallest absolute Gasteiger partial charge is 0.141 e. The van der Waals surface area contributed by atoms with Gasteiger partial charge in [-0.1, -0.05) is 18.2 Å². The highest BCUT2D eigenvalue weighted by Crippen LogP contribution is 2.25. The number of hydrogen-bond donors (Lipinski definition) is 1. The Balaban J connectivity index is 2.74. The van der Waals surface area contributed by atoms with Gasteiger partial charge >= 0.3 is 0 Å². The SMILES string of the molecule is C=CCc1ccc(O)c2ncccc12. The topological polar surface area (TPSA) is 33.1 Å². The average Bonchev–Trinajstić information content (AvgIpc) is 2.23. The maximum absolute atomic E-state index is 9.58. The van der Waals surface area contributed by atoms with Gasteiger partial charge in [-0.05, 0) is 24.1 Å². The number of phenols is 1. The van der Waals surface area contributed by atoms with Gasteiger partial charge in [-0.15, -0.1) is 6.58 Å². The van der Waals surface area contributed by atoms with Crippen molar-refractivity contribution in [2.75, 3.05) is 0 Å². The van der Waals surface area contributed by atoms with E-state index >= 15 is 0 Å². The molecule has 0 aliphatic rings. The molecule has 0 unspecified atom stereocenters. The molecule has 0 saturated carbocycles. The molecule has 1 heterocycles. The molecular formula is C12H11NO. The molecule has 0 saturated heterocycles. The number of rotatable bonds is 2. The first-order chi connectivity index (χ1) is 6.83. The van der Waals surface area contributed by atoms with Gasteiger partial charge in [0.15, 0.2) is 0 Å². The fraction of sp³-hybridized carbons (Fsp3) is 0.0833. The third-order valence-electron chi connectivity index (χ3n) is 2.20. The third-order valence-corrected chi connectivity index (χ3v) is 2.20. The van der Waals surface area contributed by atoms with Gasteiger partial charge in [-0.2, -0.15) is 0 Å². The molecule has 0 atom stereocenters. The Morgan fingerprint density at radius 1 is 1.36 bits per heavy atom. The van der Waals surface area contributed by atoms with Crippen molar-refractivity contribution in [2.24, 2.45) is 0 Å². The zero-order chi connectivity index (χ0) is 9.97. The minimum atomic E-state index is 0.230. The standard InChI is InChI=1S/C12H11NO/c1-2-4-9-6-7-11(14)12-10(9)5-3-8-13-12/h2-3,5-8,14H,1,4H2. The van der Waals surface area contributed by atoms with Gasteiger partial charge in [-0.25, -0.2) is 0 Å². The average molecular weight is 185 g/mol. The molecule has 0 spiro atoms. The first kappa shape index (κ1) is 8.75. The van der Waals surface area contributed by atoms with Gasteiger partial charge in [0.25, 0.3) is 0 Å². The summed E-state index contributed by atoms with van der Waals surface area (Å²) in [6.07, 6.45) is 4.32. The summed E-state index contributed by atoms with van der Waals surface area (Å²) in [7, 11) is 0. The Hall–Kier alpha value is -1.83. The summed E-state index contributed by atoms with van der Waals surface area (Å²) in [5.41, 5.74) is 1.80. The van der Waals surface area contributed by atoms with E-state index < -0.39 is 0 Å². The molecule has 1 aromatic carbocycles. The highest BCUT2D eigenvalue weighted by molar-refractivity contribution is 5.87. The minimum Gasteiger partial charge on any atom is -0.506 e. The largest absolute Gasteiger partial charge is 0.506 e. The van der Waals surface area contributed by atoms with Crippen LogP contribution >= 0.6 is 0 Å². The van der Waals surface area contributed by atoms with Crippen LogP contribution in [0.1, 0.15) is 5.56 Å². The lowest BCUT2D eigenvalue weighted by Gasteiger charge is -2.04. The molecule has 0 bridgehead atoms. The van der Waals surface area contributed by atoms with Crippen molar-refractivity contribution in [3.8, 4) is 5.75 Å². The molecule has 2 heteroatoms. The van der Waals surface area contributed by atoms with Crippen LogP contribution in [0.2, 0.25) is 0 Å². The van der Waals surface area contributed by atoms with Gasteiger partial charge in [-0.3, -0.25) is 4.98 Å². The fourth-order valence-electron chi connectivity index (χ4n) is 1.55. The third kappa shape index (κ3) is 1.35. The summed E-state index contributed by atoms with van der Waals surface area (Å²) >= 11 is 0. The summed E-state index contributed by atoms with van der Waals surface area (Å²) in [5.74, 6) is 0.230. The zero-order valence-corrected chi connectivity index (χ0v) is 7.77. The normalized spacial score (nSPS) is 10.3. The number of hydrogen-bond acceptors (Lipinski definition) is 2. The lowest BCUT2D eigenvalue weighted by atomic mass is 10.1. The van der Waals surface area contributed by atoms with Crippen molar-refractivity contribution in [3.05, 3.63) is 48.7 Å². The van der Waals surface area contributed by atoms with Crippen molar-refractivity contribution < 1.29 is 5.11 Å². The Labute approximate surface area is 82.5 Å². The molecular weight excluding hydrogens is 174 g/mol. The van der Waals surface area contributed by atoms with Gasteiger partial charge in [0, 0.05) is 11.6 Å². The number of fused-ring (bicyclic) bond motifs is 1. The zero-order valence-electron chi connectivity index (χ0n) is 7.77. The van der Waals surface area contributed by atoms with Crippen molar-refractivity contribution in [3.63, 3.8) is 0 Å². The summed E-state index contributed by atoms with van der Waals surface area (Å²) in [6, 6.07) is 7.41. The van der Waals surface area contributed by atoms with E-state index in [9.17, 15) is 5.11 Å². The van der Waals surface area contributed by atoms with Gasteiger partial charge in [0.1, 0.15) is 11.3 Å². The number of allylic oxidation sites excluding steroid dienone is 1. The summed E-state index contributed by atoms with van der Waals surface area (Å²) < 4.78 is 0. The Kier molecular flexibility index (Phi) is 2.19. The Bertz CT molecular complexity index is 477. The second-order valence-corrected chi connectivity index (χ2v) is 3.14. The van der Waals surface area contributed by atoms with Crippen LogP contribution in [0.4, 0.5) is 0 Å². The Morgan fingerprint density at radius 3 is 3.00 bits per heavy atom. The van der Waals surface area contributed by atoms with Crippen LogP contribution in [-0.2, 0) is 6.42 Å². The van der Waals surface area contributed by atoms with Crippen LogP contribution in [0.3, 0.4) is 0 Å². The number of phenolic OH excluding ortho intramolecular Hbond substituents is 1. The van der Waals surface area contributed by atoms with E-state index in [-0.39, 0.29) is 5.75 Å². The van der Waals surface area contributed by atoms with Gasteiger partial charge < -0.3 is 5.11 Å². The van der Waals surface area contributed by atoms with Crippen molar-refractivity contribution >= 4 is 10.9 Å². The first-order valence-electron chi connectivity index (χ1n) is 4.49. The van der Waals surface area contributed by atoms with Crippen molar-refractivity contribution in [2.45, 2.75) is 6.42 Å². The van der Waals surface area contributed by atoms with E-state index in [0.29, 0.717) is 5.52 Å². The van der Waals surface area contributed by atoms with E-state index in [1.165, 1.54) is 0 Å². The highest BCUT2D eigenvalue weighted by atomic mass is 16.3. The lowest BCUT2D eigenvalue weighted by Crippen LogP contribution is -1.86. The molecule has 0 radical (unpaired) electrons. The molecule has 0 fully saturated rings. The van der Waals surface area contributed by atoms with E-state index in [4.69, 9.17) is 0 Å². The molecule has 2 nitrogen and oxygen atoms in total. The minimum absolute atomic E-state index is 0.230. The summed E-state index contributed by atoms with van der Waals surface area (Å²) in [5, 5.41) is 10.6. The highest BCUT2D eigenvalue weighted by Gasteiger charge is 2.03. The van der Waals surface area contributed by atoms with Crippen LogP contribution in [-0.4, -0.2) is 10.1 Å². The molecule has 70 valence electrons. The predicted molar refractivity (Wildman–Crippen MR) is 57.3 cm³/mol. The fourth-order valence-corrected chi connectivity index (χ4v) is 1.55. The second kappa shape index (κ2) is 3.50. The van der Waals surface area contributed by atoms with Crippen molar-refractivity contribution in [1.82, 2.24) is 4.98 Å². The second-order valence-electron chi connectivity index (χ2n) is 3.14. The molecule has 0 amide bonds. The maximum Gasteiger partial charge on any atom is 0.141 e. The van der Waals surface area contributed by atoms with E-state index in [1.54, 1.807) is 12.3 Å². The Morgan fingerprint density at radius 2 is 2.21 bits per heavy atom. The van der Waals surface area contributed by atoms with Crippen LogP contribution in [0.15, 0.2) is 43.1 Å². The van der Waals surface area contributed by atoms with Crippen LogP contribution in [0.25, 0.3) is 10.9 Å². The van der Waals surface area contributed by atoms with Crippen LogP contribution in [0, 0.1) is 0 Å². The molecule has 0 aliphatic carbocycles. The molecule has 1 aromatic heterocycles. The monoisotopic (exact) mass is 185 g/mol. The number of aromatic nitrogens is 1. The number of benzene rings is 1. The van der Waals surface area contributed by atoms with Gasteiger partial charge in [0.2, 0.25) is 0 Å².